The van der Waals surface area contributed by atoms with Crippen LogP contribution in [0, 0.1) is 5.82 Å². The summed E-state index contributed by atoms with van der Waals surface area (Å²) < 4.78 is 53.2. The summed E-state index contributed by atoms with van der Waals surface area (Å²) in [5.74, 6) is -0.676. The van der Waals surface area contributed by atoms with Gasteiger partial charge in [0.2, 0.25) is 5.60 Å². The number of hydrogen-bond donors (Lipinski definition) is 1. The van der Waals surface area contributed by atoms with Crippen LogP contribution in [0.2, 0.25) is 0 Å². The fourth-order valence-corrected chi connectivity index (χ4v) is 2.49. The number of rotatable bonds is 2. The first-order valence-electron chi connectivity index (χ1n) is 5.57. The zero-order valence-corrected chi connectivity index (χ0v) is 11.5. The van der Waals surface area contributed by atoms with E-state index in [9.17, 15) is 22.7 Å². The van der Waals surface area contributed by atoms with Gasteiger partial charge in [-0.25, -0.2) is 4.39 Å². The van der Waals surface area contributed by atoms with E-state index in [2.05, 4.69) is 15.9 Å². The van der Waals surface area contributed by atoms with Gasteiger partial charge in [0.05, 0.1) is 0 Å². The minimum absolute atomic E-state index is 0.115. The van der Waals surface area contributed by atoms with Crippen LogP contribution in [0.5, 0.6) is 0 Å². The third-order valence-corrected chi connectivity index (χ3v) is 3.63. The summed E-state index contributed by atoms with van der Waals surface area (Å²) in [5.41, 5.74) is -4.00. The van der Waals surface area contributed by atoms with Crippen LogP contribution in [0.15, 0.2) is 53.0 Å². The van der Waals surface area contributed by atoms with Crippen LogP contribution in [-0.2, 0) is 5.60 Å². The summed E-state index contributed by atoms with van der Waals surface area (Å²) in [6, 6.07) is 9.09. The highest BCUT2D eigenvalue weighted by atomic mass is 79.9. The second kappa shape index (κ2) is 5.18. The van der Waals surface area contributed by atoms with E-state index >= 15 is 0 Å². The van der Waals surface area contributed by atoms with E-state index in [1.54, 1.807) is 0 Å². The molecule has 106 valence electrons. The Kier molecular flexibility index (Phi) is 3.88. The maximum absolute atomic E-state index is 13.4. The molecule has 0 spiro atoms. The molecule has 1 N–H and O–H groups in total. The summed E-state index contributed by atoms with van der Waals surface area (Å²) in [4.78, 5) is 0. The van der Waals surface area contributed by atoms with Crippen molar-refractivity contribution in [3.63, 3.8) is 0 Å². The van der Waals surface area contributed by atoms with Gasteiger partial charge in [0.25, 0.3) is 0 Å². The third-order valence-electron chi connectivity index (χ3n) is 2.94. The van der Waals surface area contributed by atoms with E-state index in [4.69, 9.17) is 0 Å². The van der Waals surface area contributed by atoms with Crippen LogP contribution < -0.4 is 0 Å². The molecule has 2 aromatic carbocycles. The topological polar surface area (TPSA) is 20.2 Å². The molecule has 0 aliphatic heterocycles. The monoisotopic (exact) mass is 348 g/mol. The van der Waals surface area contributed by atoms with Crippen molar-refractivity contribution in [2.24, 2.45) is 0 Å². The number of halogens is 5. The molecule has 0 saturated carbocycles. The van der Waals surface area contributed by atoms with Gasteiger partial charge in [-0.3, -0.25) is 0 Å². The second-order valence-electron chi connectivity index (χ2n) is 4.19. The zero-order valence-electron chi connectivity index (χ0n) is 9.96. The molecule has 20 heavy (non-hydrogen) atoms. The summed E-state index contributed by atoms with van der Waals surface area (Å²) in [6.07, 6.45) is -4.95. The van der Waals surface area contributed by atoms with Crippen molar-refractivity contribution in [3.05, 3.63) is 69.9 Å². The number of benzene rings is 2. The molecule has 1 unspecified atom stereocenters. The highest BCUT2D eigenvalue weighted by Crippen LogP contribution is 2.46. The first kappa shape index (κ1) is 15.0. The molecule has 2 aromatic rings. The number of hydrogen-bond acceptors (Lipinski definition) is 1. The predicted octanol–water partition coefficient (Wildman–Crippen LogP) is 4.39. The molecule has 0 heterocycles. The average Bonchev–Trinajstić information content (AvgIpc) is 2.38. The van der Waals surface area contributed by atoms with Crippen LogP contribution in [0.25, 0.3) is 0 Å². The molecule has 0 aliphatic carbocycles. The summed E-state index contributed by atoms with van der Waals surface area (Å²) in [5, 5.41) is 10.3. The quantitative estimate of drug-likeness (QED) is 0.798. The Balaban J connectivity index is 2.70. The lowest BCUT2D eigenvalue weighted by molar-refractivity contribution is -0.248. The lowest BCUT2D eigenvalue weighted by atomic mass is 9.85. The van der Waals surface area contributed by atoms with E-state index < -0.39 is 23.2 Å². The minimum atomic E-state index is -4.95. The van der Waals surface area contributed by atoms with Gasteiger partial charge in [0.1, 0.15) is 5.82 Å². The first-order valence-corrected chi connectivity index (χ1v) is 6.36. The maximum atomic E-state index is 13.4. The lowest BCUT2D eigenvalue weighted by Gasteiger charge is -2.32. The SMILES string of the molecule is OC(c1ccc(F)cc1)(c1ccccc1Br)C(F)(F)F. The summed E-state index contributed by atoms with van der Waals surface area (Å²) in [7, 11) is 0. The number of alkyl halides is 3. The van der Waals surface area contributed by atoms with Crippen molar-refractivity contribution in [1.29, 1.82) is 0 Å². The van der Waals surface area contributed by atoms with Crippen LogP contribution in [0.1, 0.15) is 11.1 Å². The van der Waals surface area contributed by atoms with Crippen molar-refractivity contribution in [2.75, 3.05) is 0 Å². The fourth-order valence-electron chi connectivity index (χ4n) is 1.92. The van der Waals surface area contributed by atoms with Crippen LogP contribution in [0.4, 0.5) is 17.6 Å². The minimum Gasteiger partial charge on any atom is -0.372 e. The molecule has 2 rings (SSSR count). The second-order valence-corrected chi connectivity index (χ2v) is 5.05. The molecule has 0 aliphatic rings. The molecule has 0 bridgehead atoms. The van der Waals surface area contributed by atoms with Gasteiger partial charge in [0, 0.05) is 10.0 Å². The Morgan fingerprint density at radius 1 is 0.900 bits per heavy atom. The largest absolute Gasteiger partial charge is 0.425 e. The molecule has 0 amide bonds. The van der Waals surface area contributed by atoms with E-state index in [-0.39, 0.29) is 10.0 Å². The van der Waals surface area contributed by atoms with Crippen molar-refractivity contribution in [3.8, 4) is 0 Å². The number of aliphatic hydroxyl groups is 1. The Bertz CT molecular complexity index is 609. The molecule has 6 heteroatoms. The molecule has 0 saturated heterocycles. The van der Waals surface area contributed by atoms with Crippen LogP contribution in [-0.4, -0.2) is 11.3 Å². The van der Waals surface area contributed by atoms with Gasteiger partial charge in [-0.1, -0.05) is 46.3 Å². The molecule has 0 fully saturated rings. The van der Waals surface area contributed by atoms with Crippen LogP contribution in [0.3, 0.4) is 0 Å². The highest BCUT2D eigenvalue weighted by molar-refractivity contribution is 9.10. The van der Waals surface area contributed by atoms with Gasteiger partial charge in [0.15, 0.2) is 0 Å². The highest BCUT2D eigenvalue weighted by Gasteiger charge is 2.56. The normalized spacial score (nSPS) is 14.9. The van der Waals surface area contributed by atoms with E-state index in [1.165, 1.54) is 24.3 Å². The van der Waals surface area contributed by atoms with Gasteiger partial charge < -0.3 is 5.11 Å². The lowest BCUT2D eigenvalue weighted by Crippen LogP contribution is -2.43. The Morgan fingerprint density at radius 2 is 1.45 bits per heavy atom. The predicted molar refractivity (Wildman–Crippen MR) is 69.6 cm³/mol. The van der Waals surface area contributed by atoms with Gasteiger partial charge >= 0.3 is 6.18 Å². The third kappa shape index (κ3) is 2.45. The van der Waals surface area contributed by atoms with Crippen molar-refractivity contribution >= 4 is 15.9 Å². The standard InChI is InChI=1S/C14H9BrF4O/c15-12-4-2-1-3-11(12)13(20,14(17,18)19)9-5-7-10(16)8-6-9/h1-8,20H. The average molecular weight is 349 g/mol. The fraction of sp³-hybridized carbons (Fsp3) is 0.143. The maximum Gasteiger partial charge on any atom is 0.425 e. The van der Waals surface area contributed by atoms with E-state index in [1.807, 2.05) is 0 Å². The molecule has 0 aromatic heterocycles. The zero-order chi connectivity index (χ0) is 15.0. The Morgan fingerprint density at radius 3 is 1.95 bits per heavy atom. The summed E-state index contributed by atoms with van der Waals surface area (Å²) in [6.45, 7) is 0. The Labute approximate surface area is 121 Å². The first-order chi connectivity index (χ1) is 9.26. The van der Waals surface area contributed by atoms with Crippen LogP contribution >= 0.6 is 15.9 Å². The van der Waals surface area contributed by atoms with Gasteiger partial charge in [-0.05, 0) is 23.8 Å². The van der Waals surface area contributed by atoms with Crippen molar-refractivity contribution < 1.29 is 22.7 Å². The van der Waals surface area contributed by atoms with E-state index in [0.29, 0.717) is 0 Å². The summed E-state index contributed by atoms with van der Waals surface area (Å²) >= 11 is 3.00. The van der Waals surface area contributed by atoms with E-state index in [0.717, 1.165) is 24.3 Å². The molecule has 0 radical (unpaired) electrons. The smallest absolute Gasteiger partial charge is 0.372 e. The molecule has 1 atom stereocenters. The van der Waals surface area contributed by atoms with Gasteiger partial charge in [-0.15, -0.1) is 0 Å². The van der Waals surface area contributed by atoms with Gasteiger partial charge in [-0.2, -0.15) is 13.2 Å². The van der Waals surface area contributed by atoms with Crippen molar-refractivity contribution in [2.45, 2.75) is 11.8 Å². The molecular formula is C14H9BrF4O. The van der Waals surface area contributed by atoms with Crippen molar-refractivity contribution in [1.82, 2.24) is 0 Å². The molecule has 1 nitrogen and oxygen atoms in total. The Hall–Kier alpha value is -1.40. The molecular weight excluding hydrogens is 340 g/mol.